The van der Waals surface area contributed by atoms with Crippen LogP contribution < -0.4 is 0 Å². The van der Waals surface area contributed by atoms with Gasteiger partial charge in [-0.25, -0.2) is 0 Å². The fourth-order valence-corrected chi connectivity index (χ4v) is 1.70. The number of nitrogens with zero attached hydrogens (tertiary/aromatic N) is 1. The first-order valence-electron chi connectivity index (χ1n) is 3.35. The molecule has 14 heavy (non-hydrogen) atoms. The summed E-state index contributed by atoms with van der Waals surface area (Å²) < 4.78 is 14.3. The first-order chi connectivity index (χ1) is 6.38. The lowest BCUT2D eigenvalue weighted by Crippen LogP contribution is -1.86. The molecule has 0 bridgehead atoms. The van der Waals surface area contributed by atoms with Crippen molar-refractivity contribution < 1.29 is 14.0 Å². The second-order valence-corrected chi connectivity index (χ2v) is 6.65. The van der Waals surface area contributed by atoms with Gasteiger partial charge in [-0.2, -0.15) is 4.57 Å². The van der Waals surface area contributed by atoms with Gasteiger partial charge in [0.2, 0.25) is 0 Å². The van der Waals surface area contributed by atoms with Crippen molar-refractivity contribution in [3.63, 3.8) is 0 Å². The Morgan fingerprint density at radius 3 is 2.14 bits per heavy atom. The lowest BCUT2D eigenvalue weighted by Gasteiger charge is -2.01. The summed E-state index contributed by atoms with van der Waals surface area (Å²) >= 11 is 10.4. The van der Waals surface area contributed by atoms with E-state index >= 15 is 0 Å². The zero-order chi connectivity index (χ0) is 10.8. The SMILES string of the molecule is O=[N+]([O-])c1ccc([OH+]P(=O)(Cl)Cl)cc1. The minimum absolute atomic E-state index is 0.0806. The fourth-order valence-electron chi connectivity index (χ4n) is 0.775. The van der Waals surface area contributed by atoms with Crippen LogP contribution in [0.1, 0.15) is 0 Å². The summed E-state index contributed by atoms with van der Waals surface area (Å²) in [6.07, 6.45) is -3.53. The van der Waals surface area contributed by atoms with Gasteiger partial charge in [0.05, 0.1) is 27.4 Å². The van der Waals surface area contributed by atoms with Crippen LogP contribution in [-0.2, 0) is 4.57 Å². The molecule has 0 heterocycles. The van der Waals surface area contributed by atoms with Crippen LogP contribution in [-0.4, -0.2) is 9.45 Å². The molecule has 8 heteroatoms. The Kier molecular flexibility index (Phi) is 3.37. The molecule has 1 aromatic carbocycles. The molecule has 0 aliphatic heterocycles. The van der Waals surface area contributed by atoms with Crippen molar-refractivity contribution in [1.29, 1.82) is 0 Å². The lowest BCUT2D eigenvalue weighted by molar-refractivity contribution is -0.384. The summed E-state index contributed by atoms with van der Waals surface area (Å²) in [6.45, 7) is 0. The third-order valence-corrected chi connectivity index (χ3v) is 2.21. The number of nitro benzene ring substituents is 1. The van der Waals surface area contributed by atoms with Crippen LogP contribution in [0.2, 0.25) is 0 Å². The Morgan fingerprint density at radius 1 is 1.29 bits per heavy atom. The van der Waals surface area contributed by atoms with E-state index in [1.54, 1.807) is 0 Å². The van der Waals surface area contributed by atoms with Gasteiger partial charge >= 0.3 is 6.07 Å². The monoisotopic (exact) mass is 256 g/mol. The molecular weight excluding hydrogens is 252 g/mol. The van der Waals surface area contributed by atoms with E-state index in [2.05, 4.69) is 4.52 Å². The Balaban J connectivity index is 2.84. The first kappa shape index (κ1) is 11.3. The van der Waals surface area contributed by atoms with Crippen molar-refractivity contribution in [3.05, 3.63) is 34.4 Å². The molecule has 0 unspecified atom stereocenters. The molecule has 0 saturated heterocycles. The van der Waals surface area contributed by atoms with E-state index in [1.165, 1.54) is 24.3 Å². The quantitative estimate of drug-likeness (QED) is 0.360. The van der Waals surface area contributed by atoms with Gasteiger partial charge in [0, 0.05) is 24.3 Å². The summed E-state index contributed by atoms with van der Waals surface area (Å²) in [5.74, 6) is 0.240. The van der Waals surface area contributed by atoms with Gasteiger partial charge in [-0.3, -0.25) is 10.1 Å². The van der Waals surface area contributed by atoms with E-state index < -0.39 is 11.0 Å². The van der Waals surface area contributed by atoms with Crippen molar-refractivity contribution in [2.45, 2.75) is 0 Å². The van der Waals surface area contributed by atoms with Crippen molar-refractivity contribution in [2.75, 3.05) is 0 Å². The van der Waals surface area contributed by atoms with E-state index in [-0.39, 0.29) is 11.4 Å². The highest BCUT2D eigenvalue weighted by atomic mass is 35.9. The van der Waals surface area contributed by atoms with Gasteiger partial charge < -0.3 is 4.52 Å². The second-order valence-electron chi connectivity index (χ2n) is 2.31. The zero-order valence-electron chi connectivity index (χ0n) is 6.63. The molecule has 0 aliphatic rings. The van der Waals surface area contributed by atoms with Crippen molar-refractivity contribution >= 4 is 34.2 Å². The van der Waals surface area contributed by atoms with E-state index in [1.807, 2.05) is 0 Å². The molecule has 0 aliphatic carbocycles. The summed E-state index contributed by atoms with van der Waals surface area (Å²) in [7, 11) is 0. The summed E-state index contributed by atoms with van der Waals surface area (Å²) in [6, 6.07) is 5.08. The molecule has 0 aromatic heterocycles. The molecule has 0 radical (unpaired) electrons. The highest BCUT2D eigenvalue weighted by Gasteiger charge is 2.23. The number of hydrogen-bond acceptors (Lipinski definition) is 3. The number of nitro groups is 1. The van der Waals surface area contributed by atoms with Crippen LogP contribution in [0.25, 0.3) is 0 Å². The predicted octanol–water partition coefficient (Wildman–Crippen LogP) is 3.42. The molecule has 76 valence electrons. The maximum absolute atomic E-state index is 10.8. The van der Waals surface area contributed by atoms with Gasteiger partial charge in [-0.1, -0.05) is 0 Å². The van der Waals surface area contributed by atoms with Crippen LogP contribution in [0, 0.1) is 10.1 Å². The molecule has 0 spiro atoms. The maximum Gasteiger partial charge on any atom is 0.563 e. The highest BCUT2D eigenvalue weighted by molar-refractivity contribution is 8.05. The standard InChI is InChI=1S/C6H4Cl2NO4P/c7-14(8,12)13-6-3-1-5(2-4-6)9(10)11/h1-4H/p+1. The van der Waals surface area contributed by atoms with Gasteiger partial charge in [-0.15, -0.1) is 0 Å². The smallest absolute Gasteiger partial charge is 0.533 e. The summed E-state index contributed by atoms with van der Waals surface area (Å²) in [5, 5.41) is 10.3. The molecule has 1 N–H and O–H groups in total. The summed E-state index contributed by atoms with van der Waals surface area (Å²) in [4.78, 5) is 9.71. The van der Waals surface area contributed by atoms with E-state index in [0.29, 0.717) is 0 Å². The highest BCUT2D eigenvalue weighted by Crippen LogP contribution is 2.58. The van der Waals surface area contributed by atoms with Crippen LogP contribution in [0.3, 0.4) is 0 Å². The van der Waals surface area contributed by atoms with Crippen LogP contribution in [0.4, 0.5) is 5.69 Å². The molecule has 5 nitrogen and oxygen atoms in total. The number of hydrogen-bond donors (Lipinski definition) is 0. The minimum atomic E-state index is -3.53. The van der Waals surface area contributed by atoms with Crippen molar-refractivity contribution in [2.24, 2.45) is 0 Å². The molecule has 1 aromatic rings. The zero-order valence-corrected chi connectivity index (χ0v) is 9.04. The normalized spacial score (nSPS) is 11.0. The topological polar surface area (TPSA) is 73.0 Å². The van der Waals surface area contributed by atoms with E-state index in [4.69, 9.17) is 22.5 Å². The lowest BCUT2D eigenvalue weighted by atomic mass is 10.3. The molecular formula is C6H5Cl2NO4P+. The molecule has 0 atom stereocenters. The average Bonchev–Trinajstić information content (AvgIpc) is 2.02. The van der Waals surface area contributed by atoms with Gasteiger partial charge in [0.15, 0.2) is 0 Å². The molecule has 0 saturated carbocycles. The third kappa shape index (κ3) is 3.54. The molecule has 0 amide bonds. The van der Waals surface area contributed by atoms with Gasteiger partial charge in [-0.05, 0) is 0 Å². The number of halogens is 2. The van der Waals surface area contributed by atoms with E-state index in [0.717, 1.165) is 0 Å². The molecule has 1 rings (SSSR count). The maximum atomic E-state index is 10.8. The Morgan fingerprint density at radius 2 is 1.79 bits per heavy atom. The Hall–Kier alpha value is -0.770. The number of non-ortho nitro benzene ring substituents is 1. The van der Waals surface area contributed by atoms with Crippen LogP contribution in [0.5, 0.6) is 5.75 Å². The molecule has 0 fully saturated rings. The Labute approximate surface area is 88.8 Å². The van der Waals surface area contributed by atoms with Gasteiger partial charge in [0.25, 0.3) is 11.4 Å². The fraction of sp³-hybridized carbons (Fsp3) is 0. The minimum Gasteiger partial charge on any atom is -0.533 e. The number of benzene rings is 1. The summed E-state index contributed by atoms with van der Waals surface area (Å²) in [5.41, 5.74) is -0.0806. The van der Waals surface area contributed by atoms with Crippen molar-refractivity contribution in [3.8, 4) is 5.75 Å². The largest absolute Gasteiger partial charge is 0.563 e. The average molecular weight is 257 g/mol. The first-order valence-corrected chi connectivity index (χ1v) is 6.82. The van der Waals surface area contributed by atoms with E-state index in [9.17, 15) is 14.7 Å². The number of aromatic hydroxyl groups is 1. The third-order valence-electron chi connectivity index (χ3n) is 1.29. The van der Waals surface area contributed by atoms with Gasteiger partial charge in [0.1, 0.15) is 0 Å². The van der Waals surface area contributed by atoms with Crippen LogP contribution >= 0.6 is 28.6 Å². The Bertz CT molecular complexity index is 387. The second kappa shape index (κ2) is 4.17. The van der Waals surface area contributed by atoms with Crippen molar-refractivity contribution in [1.82, 2.24) is 0 Å². The predicted molar refractivity (Wildman–Crippen MR) is 54.1 cm³/mol. The van der Waals surface area contributed by atoms with Crippen LogP contribution in [0.15, 0.2) is 24.3 Å². The number of rotatable bonds is 3.